The van der Waals surface area contributed by atoms with Gasteiger partial charge in [-0.2, -0.15) is 0 Å². The molecule has 0 radical (unpaired) electrons. The summed E-state index contributed by atoms with van der Waals surface area (Å²) in [6, 6.07) is 18.0. The van der Waals surface area contributed by atoms with Crippen LogP contribution in [0, 0.1) is 5.92 Å². The largest absolute Gasteiger partial charge is 0.494 e. The number of carboxylic acid groups (broad SMARTS) is 1. The molecule has 0 saturated heterocycles. The number of para-hydroxylation sites is 1. The van der Waals surface area contributed by atoms with Gasteiger partial charge in [0, 0.05) is 6.42 Å². The van der Waals surface area contributed by atoms with E-state index in [9.17, 15) is 14.7 Å². The molecule has 2 unspecified atom stereocenters. The highest BCUT2D eigenvalue weighted by Crippen LogP contribution is 2.22. The van der Waals surface area contributed by atoms with Crippen LogP contribution in [0.2, 0.25) is 0 Å². The third kappa shape index (κ3) is 5.95. The van der Waals surface area contributed by atoms with Gasteiger partial charge in [-0.05, 0) is 31.0 Å². The molecule has 0 aromatic heterocycles. The van der Waals surface area contributed by atoms with Crippen LogP contribution in [0.15, 0.2) is 60.7 Å². The first-order valence-electron chi connectivity index (χ1n) is 8.33. The van der Waals surface area contributed by atoms with Crippen molar-refractivity contribution in [2.45, 2.75) is 25.8 Å². The Morgan fingerprint density at radius 1 is 1.04 bits per heavy atom. The van der Waals surface area contributed by atoms with Gasteiger partial charge >= 0.3 is 5.97 Å². The van der Waals surface area contributed by atoms with E-state index in [0.29, 0.717) is 13.0 Å². The van der Waals surface area contributed by atoms with Gasteiger partial charge in [0.15, 0.2) is 0 Å². The zero-order valence-electron chi connectivity index (χ0n) is 14.2. The lowest BCUT2D eigenvalue weighted by Gasteiger charge is -2.23. The third-order valence-corrected chi connectivity index (χ3v) is 3.92. The molecular weight excluding hydrogens is 318 g/mol. The summed E-state index contributed by atoms with van der Waals surface area (Å²) >= 11 is 0. The van der Waals surface area contributed by atoms with Crippen LogP contribution in [0.3, 0.4) is 0 Å². The van der Waals surface area contributed by atoms with Crippen LogP contribution in [0.4, 0.5) is 0 Å². The first-order valence-corrected chi connectivity index (χ1v) is 8.33. The van der Waals surface area contributed by atoms with E-state index in [1.165, 1.54) is 0 Å². The topological polar surface area (TPSA) is 75.6 Å². The monoisotopic (exact) mass is 341 g/mol. The summed E-state index contributed by atoms with van der Waals surface area (Å²) in [5, 5.41) is 12.1. The number of carbonyl (C=O) groups is 2. The summed E-state index contributed by atoms with van der Waals surface area (Å²) in [6.45, 7) is 2.03. The molecule has 132 valence electrons. The lowest BCUT2D eigenvalue weighted by molar-refractivity contribution is -0.142. The van der Waals surface area contributed by atoms with Gasteiger partial charge in [-0.25, -0.2) is 0 Å². The van der Waals surface area contributed by atoms with Crippen LogP contribution >= 0.6 is 0 Å². The number of hydrogen-bond acceptors (Lipinski definition) is 3. The van der Waals surface area contributed by atoms with E-state index in [2.05, 4.69) is 5.32 Å². The maximum absolute atomic E-state index is 12.2. The number of carboxylic acids is 1. The number of benzene rings is 2. The number of carbonyl (C=O) groups excluding carboxylic acids is 1. The van der Waals surface area contributed by atoms with E-state index in [0.717, 1.165) is 11.3 Å². The quantitative estimate of drug-likeness (QED) is 0.685. The van der Waals surface area contributed by atoms with Crippen LogP contribution < -0.4 is 10.1 Å². The SMILES string of the molecule is CC(C(=O)O)C(NC(=O)CCCOc1ccccc1)c1ccccc1. The Labute approximate surface area is 147 Å². The molecule has 2 aromatic carbocycles. The van der Waals surface area contributed by atoms with E-state index in [1.54, 1.807) is 6.92 Å². The van der Waals surface area contributed by atoms with E-state index in [-0.39, 0.29) is 12.3 Å². The van der Waals surface area contributed by atoms with Crippen LogP contribution in [-0.4, -0.2) is 23.6 Å². The van der Waals surface area contributed by atoms with Crippen molar-refractivity contribution in [1.82, 2.24) is 5.32 Å². The lowest BCUT2D eigenvalue weighted by atomic mass is 9.94. The summed E-state index contributed by atoms with van der Waals surface area (Å²) < 4.78 is 5.56. The number of aliphatic carboxylic acids is 1. The van der Waals surface area contributed by atoms with Crippen LogP contribution in [0.1, 0.15) is 31.4 Å². The van der Waals surface area contributed by atoms with Crippen LogP contribution in [-0.2, 0) is 9.59 Å². The molecule has 5 heteroatoms. The first kappa shape index (κ1) is 18.5. The van der Waals surface area contributed by atoms with E-state index < -0.39 is 17.9 Å². The standard InChI is InChI=1S/C20H23NO4/c1-15(20(23)24)19(16-9-4-2-5-10-16)21-18(22)13-8-14-25-17-11-6-3-7-12-17/h2-7,9-12,15,19H,8,13-14H2,1H3,(H,21,22)(H,23,24). The van der Waals surface area contributed by atoms with Crippen molar-refractivity contribution in [2.75, 3.05) is 6.61 Å². The molecule has 0 spiro atoms. The van der Waals surface area contributed by atoms with E-state index in [1.807, 2.05) is 60.7 Å². The highest BCUT2D eigenvalue weighted by atomic mass is 16.5. The minimum atomic E-state index is -0.943. The lowest BCUT2D eigenvalue weighted by Crippen LogP contribution is -2.35. The summed E-state index contributed by atoms with van der Waals surface area (Å²) in [4.78, 5) is 23.5. The van der Waals surface area contributed by atoms with Crippen LogP contribution in [0.5, 0.6) is 5.75 Å². The molecule has 0 saturated carbocycles. The van der Waals surface area contributed by atoms with Gasteiger partial charge in [0.05, 0.1) is 18.6 Å². The molecule has 2 rings (SSSR count). The van der Waals surface area contributed by atoms with Gasteiger partial charge in [0.25, 0.3) is 0 Å². The van der Waals surface area contributed by atoms with Gasteiger partial charge in [0.2, 0.25) is 5.91 Å². The van der Waals surface area contributed by atoms with Gasteiger partial charge in [-0.15, -0.1) is 0 Å². The fraction of sp³-hybridized carbons (Fsp3) is 0.300. The minimum Gasteiger partial charge on any atom is -0.494 e. The molecular formula is C20H23NO4. The van der Waals surface area contributed by atoms with Gasteiger partial charge < -0.3 is 15.2 Å². The number of hydrogen-bond donors (Lipinski definition) is 2. The maximum Gasteiger partial charge on any atom is 0.308 e. The summed E-state index contributed by atoms with van der Waals surface area (Å²) in [5.41, 5.74) is 0.784. The minimum absolute atomic E-state index is 0.182. The predicted molar refractivity (Wildman–Crippen MR) is 95.3 cm³/mol. The fourth-order valence-electron chi connectivity index (χ4n) is 2.49. The Bertz CT molecular complexity index is 673. The molecule has 0 heterocycles. The Morgan fingerprint density at radius 2 is 1.64 bits per heavy atom. The molecule has 0 aliphatic rings. The number of nitrogens with one attached hydrogen (secondary N) is 1. The predicted octanol–water partition coefficient (Wildman–Crippen LogP) is 3.42. The number of rotatable bonds is 9. The average Bonchev–Trinajstić information content (AvgIpc) is 2.64. The van der Waals surface area contributed by atoms with Crippen molar-refractivity contribution in [2.24, 2.45) is 5.92 Å². The summed E-state index contributed by atoms with van der Waals surface area (Å²) in [7, 11) is 0. The molecule has 2 atom stereocenters. The maximum atomic E-state index is 12.2. The third-order valence-electron chi connectivity index (χ3n) is 3.92. The Hall–Kier alpha value is -2.82. The van der Waals surface area contributed by atoms with Crippen LogP contribution in [0.25, 0.3) is 0 Å². The second-order valence-corrected chi connectivity index (χ2v) is 5.85. The Morgan fingerprint density at radius 3 is 2.24 bits per heavy atom. The summed E-state index contributed by atoms with van der Waals surface area (Å²) in [5.74, 6) is -1.07. The van der Waals surface area contributed by atoms with E-state index in [4.69, 9.17) is 4.74 Å². The van der Waals surface area contributed by atoms with Gasteiger partial charge in [-0.3, -0.25) is 9.59 Å². The molecule has 0 bridgehead atoms. The molecule has 0 fully saturated rings. The Kier molecular flexibility index (Phi) is 7.01. The van der Waals surface area contributed by atoms with Crippen molar-refractivity contribution < 1.29 is 19.4 Å². The average molecular weight is 341 g/mol. The zero-order chi connectivity index (χ0) is 18.1. The zero-order valence-corrected chi connectivity index (χ0v) is 14.2. The van der Waals surface area contributed by atoms with Gasteiger partial charge in [0.1, 0.15) is 5.75 Å². The number of ether oxygens (including phenoxy) is 1. The highest BCUT2D eigenvalue weighted by Gasteiger charge is 2.26. The molecule has 2 N–H and O–H groups in total. The fourth-order valence-corrected chi connectivity index (χ4v) is 2.49. The molecule has 25 heavy (non-hydrogen) atoms. The molecule has 2 aromatic rings. The normalized spacial score (nSPS) is 12.8. The first-order chi connectivity index (χ1) is 12.1. The van der Waals surface area contributed by atoms with Crippen molar-refractivity contribution in [3.05, 3.63) is 66.2 Å². The molecule has 5 nitrogen and oxygen atoms in total. The molecule has 1 amide bonds. The smallest absolute Gasteiger partial charge is 0.308 e. The van der Waals surface area contributed by atoms with E-state index >= 15 is 0 Å². The highest BCUT2D eigenvalue weighted by molar-refractivity contribution is 5.78. The molecule has 0 aliphatic heterocycles. The second kappa shape index (κ2) is 9.47. The van der Waals surface area contributed by atoms with Crippen molar-refractivity contribution in [3.63, 3.8) is 0 Å². The summed E-state index contributed by atoms with van der Waals surface area (Å²) in [6.07, 6.45) is 0.839. The van der Waals surface area contributed by atoms with Crippen molar-refractivity contribution >= 4 is 11.9 Å². The number of amides is 1. The second-order valence-electron chi connectivity index (χ2n) is 5.85. The molecule has 0 aliphatic carbocycles. The van der Waals surface area contributed by atoms with Gasteiger partial charge in [-0.1, -0.05) is 48.5 Å². The Balaban J connectivity index is 1.85. The van der Waals surface area contributed by atoms with Crippen molar-refractivity contribution in [3.8, 4) is 5.75 Å². The van der Waals surface area contributed by atoms with Crippen molar-refractivity contribution in [1.29, 1.82) is 0 Å².